The molecule has 1 atom stereocenters. The van der Waals surface area contributed by atoms with E-state index in [0.29, 0.717) is 0 Å². The van der Waals surface area contributed by atoms with Gasteiger partial charge in [0.15, 0.2) is 0 Å². The smallest absolute Gasteiger partial charge is 0.201 e. The van der Waals surface area contributed by atoms with Crippen LogP contribution < -0.4 is 4.74 Å². The third kappa shape index (κ3) is 36.3. The molecule has 0 saturated carbocycles. The largest absolute Gasteiger partial charge is 0.508 e. The molecule has 0 aromatic heterocycles. The highest BCUT2D eigenvalue weighted by molar-refractivity contribution is 5.30. The number of rotatable bonds is 46. The molecule has 5 nitrogen and oxygen atoms in total. The van der Waals surface area contributed by atoms with Crippen molar-refractivity contribution in [2.75, 3.05) is 45.9 Å². The lowest BCUT2D eigenvalue weighted by Gasteiger charge is -2.27. The molecule has 0 fully saturated rings. The van der Waals surface area contributed by atoms with E-state index in [1.54, 1.807) is 12.1 Å². The molecule has 0 bridgehead atoms. The molecule has 1 unspecified atom stereocenters. The Bertz CT molecular complexity index is 871. The van der Waals surface area contributed by atoms with E-state index in [0.717, 1.165) is 38.3 Å². The fourth-order valence-electron chi connectivity index (χ4n) is 8.19. The van der Waals surface area contributed by atoms with Gasteiger partial charge in [-0.15, -0.1) is 0 Å². The van der Waals surface area contributed by atoms with E-state index < -0.39 is 0 Å². The predicted molar refractivity (Wildman–Crippen MR) is 251 cm³/mol. The van der Waals surface area contributed by atoms with Crippen molar-refractivity contribution < 1.29 is 14.6 Å². The summed E-state index contributed by atoms with van der Waals surface area (Å²) in [6.07, 6.45) is 45.6. The molecule has 0 aliphatic carbocycles. The van der Waals surface area contributed by atoms with Gasteiger partial charge in [0, 0.05) is 19.5 Å². The maximum Gasteiger partial charge on any atom is 0.201 e. The highest BCUT2D eigenvalue weighted by atomic mass is 16.7. The lowest BCUT2D eigenvalue weighted by molar-refractivity contribution is -0.0897. The van der Waals surface area contributed by atoms with Crippen LogP contribution in [0.2, 0.25) is 0 Å². The van der Waals surface area contributed by atoms with Crippen molar-refractivity contribution in [2.24, 2.45) is 0 Å². The molecule has 0 aliphatic rings. The zero-order chi connectivity index (χ0) is 41.1. The highest BCUT2D eigenvalue weighted by Crippen LogP contribution is 2.20. The fraction of sp³-hybridized carbons (Fsp3) is 0.885. The molecule has 1 aromatic rings. The average molecular weight is 801 g/mol. The Kier molecular flexibility index (Phi) is 40.3. The molecule has 0 spiro atoms. The number of hydrogen-bond acceptors (Lipinski definition) is 5. The zero-order valence-corrected chi connectivity index (χ0v) is 39.0. The van der Waals surface area contributed by atoms with E-state index in [2.05, 4.69) is 37.5 Å². The molecule has 0 amide bonds. The molecule has 0 aliphatic heterocycles. The van der Waals surface area contributed by atoms with E-state index in [9.17, 15) is 5.11 Å². The van der Waals surface area contributed by atoms with Crippen molar-refractivity contribution in [2.45, 2.75) is 252 Å². The molecule has 1 rings (SSSR count). The maximum atomic E-state index is 9.91. The number of ether oxygens (including phenoxy) is 2. The minimum absolute atomic E-state index is 0.273. The molecule has 336 valence electrons. The third-order valence-electron chi connectivity index (χ3n) is 12.0. The van der Waals surface area contributed by atoms with Gasteiger partial charge in [-0.2, -0.15) is 0 Å². The van der Waals surface area contributed by atoms with Crippen LogP contribution >= 0.6 is 0 Å². The topological polar surface area (TPSA) is 45.2 Å². The number of aromatic hydroxyl groups is 1. The Labute approximate surface area is 357 Å². The van der Waals surface area contributed by atoms with Gasteiger partial charge in [0.2, 0.25) is 6.29 Å². The van der Waals surface area contributed by atoms with Gasteiger partial charge in [0.25, 0.3) is 0 Å². The molecule has 1 aromatic carbocycles. The first kappa shape index (κ1) is 53.7. The average Bonchev–Trinajstić information content (AvgIpc) is 3.22. The molecule has 0 heterocycles. The number of hydrogen-bond donors (Lipinski definition) is 1. The maximum absolute atomic E-state index is 9.91. The van der Waals surface area contributed by atoms with Crippen LogP contribution in [0.3, 0.4) is 0 Å². The first-order valence-electron chi connectivity index (χ1n) is 25.6. The molecular formula is C52H100N2O3. The van der Waals surface area contributed by atoms with Gasteiger partial charge in [-0.05, 0) is 82.5 Å². The van der Waals surface area contributed by atoms with Crippen molar-refractivity contribution in [1.29, 1.82) is 0 Å². The van der Waals surface area contributed by atoms with Crippen molar-refractivity contribution >= 4 is 0 Å². The van der Waals surface area contributed by atoms with Gasteiger partial charge in [0.1, 0.15) is 11.5 Å². The summed E-state index contributed by atoms with van der Waals surface area (Å²) in [7, 11) is 0. The summed E-state index contributed by atoms with van der Waals surface area (Å²) in [6.45, 7) is 16.9. The molecular weight excluding hydrogens is 701 g/mol. The lowest BCUT2D eigenvalue weighted by Crippen LogP contribution is -2.33. The van der Waals surface area contributed by atoms with E-state index in [-0.39, 0.29) is 12.0 Å². The summed E-state index contributed by atoms with van der Waals surface area (Å²) < 4.78 is 13.1. The van der Waals surface area contributed by atoms with Crippen LogP contribution in [-0.2, 0) is 4.74 Å². The molecule has 0 saturated heterocycles. The second-order valence-electron chi connectivity index (χ2n) is 17.6. The summed E-state index contributed by atoms with van der Waals surface area (Å²) in [4.78, 5) is 5.45. The third-order valence-corrected chi connectivity index (χ3v) is 12.0. The number of phenolic OH excluding ortho intramolecular Hbond substituents is 1. The highest BCUT2D eigenvalue weighted by Gasteiger charge is 2.15. The SMILES string of the molecule is CCCCCCCCCCN(CCCCCCCCCC)CCCOC(CCN(CCCCCCCCCC)CCCCCCCCCC)Oc1ccc(O)cc1. The summed E-state index contributed by atoms with van der Waals surface area (Å²) in [5.74, 6) is 1.05. The van der Waals surface area contributed by atoms with Crippen molar-refractivity contribution in [3.8, 4) is 11.5 Å². The summed E-state index contributed by atoms with van der Waals surface area (Å²) >= 11 is 0. The monoisotopic (exact) mass is 801 g/mol. The van der Waals surface area contributed by atoms with Crippen LogP contribution in [0.15, 0.2) is 24.3 Å². The van der Waals surface area contributed by atoms with Crippen molar-refractivity contribution in [1.82, 2.24) is 9.80 Å². The quantitative estimate of drug-likeness (QED) is 0.0526. The Balaban J connectivity index is 2.71. The van der Waals surface area contributed by atoms with Gasteiger partial charge in [-0.25, -0.2) is 0 Å². The van der Waals surface area contributed by atoms with Gasteiger partial charge in [0.05, 0.1) is 6.61 Å². The van der Waals surface area contributed by atoms with Crippen LogP contribution in [0.4, 0.5) is 0 Å². The van der Waals surface area contributed by atoms with Gasteiger partial charge < -0.3 is 24.4 Å². The van der Waals surface area contributed by atoms with Crippen molar-refractivity contribution in [3.05, 3.63) is 24.3 Å². The van der Waals surface area contributed by atoms with Crippen LogP contribution in [0.1, 0.15) is 246 Å². The van der Waals surface area contributed by atoms with Crippen LogP contribution in [0.5, 0.6) is 11.5 Å². The normalized spacial score (nSPS) is 12.3. The molecule has 1 N–H and O–H groups in total. The zero-order valence-electron chi connectivity index (χ0n) is 39.0. The first-order chi connectivity index (χ1) is 28.1. The number of unbranched alkanes of at least 4 members (excludes halogenated alkanes) is 28. The van der Waals surface area contributed by atoms with Crippen LogP contribution in [0, 0.1) is 0 Å². The Morgan fingerprint density at radius 3 is 1.04 bits per heavy atom. The second-order valence-corrected chi connectivity index (χ2v) is 17.6. The van der Waals surface area contributed by atoms with E-state index in [4.69, 9.17) is 9.47 Å². The summed E-state index contributed by atoms with van der Waals surface area (Å²) in [5, 5.41) is 9.91. The van der Waals surface area contributed by atoms with Crippen LogP contribution in [0.25, 0.3) is 0 Å². The molecule has 57 heavy (non-hydrogen) atoms. The first-order valence-corrected chi connectivity index (χ1v) is 25.6. The molecule has 5 heteroatoms. The van der Waals surface area contributed by atoms with Gasteiger partial charge >= 0.3 is 0 Å². The standard InChI is InChI=1S/C52H100N2O3/c1-5-9-13-17-21-25-29-33-43-53(44-34-30-26-22-18-14-10-6-2)47-37-49-56-52(57-51-40-38-50(55)39-41-51)42-48-54(45-35-31-27-23-19-15-11-7-3)46-36-32-28-24-20-16-12-8-4/h38-41,52,55H,5-37,42-49H2,1-4H3. The predicted octanol–water partition coefficient (Wildman–Crippen LogP) is 16.1. The fourth-order valence-corrected chi connectivity index (χ4v) is 8.19. The van der Waals surface area contributed by atoms with E-state index >= 15 is 0 Å². The Morgan fingerprint density at radius 2 is 0.684 bits per heavy atom. The second kappa shape index (κ2) is 42.8. The minimum atomic E-state index is -0.275. The van der Waals surface area contributed by atoms with E-state index in [1.807, 2.05) is 12.1 Å². The number of benzene rings is 1. The van der Waals surface area contributed by atoms with Crippen LogP contribution in [-0.4, -0.2) is 67.1 Å². The number of nitrogens with zero attached hydrogens (tertiary/aromatic N) is 2. The summed E-state index contributed by atoms with van der Waals surface area (Å²) in [5.41, 5.74) is 0. The lowest BCUT2D eigenvalue weighted by atomic mass is 10.1. The van der Waals surface area contributed by atoms with Gasteiger partial charge in [-0.3, -0.25) is 0 Å². The Hall–Kier alpha value is -1.30. The molecule has 0 radical (unpaired) electrons. The Morgan fingerprint density at radius 1 is 0.386 bits per heavy atom. The van der Waals surface area contributed by atoms with Gasteiger partial charge in [-0.1, -0.05) is 207 Å². The van der Waals surface area contributed by atoms with E-state index in [1.165, 1.54) is 232 Å². The van der Waals surface area contributed by atoms with Crippen molar-refractivity contribution in [3.63, 3.8) is 0 Å². The minimum Gasteiger partial charge on any atom is -0.508 e. The number of phenols is 1. The summed E-state index contributed by atoms with van der Waals surface area (Å²) in [6, 6.07) is 7.19.